The highest BCUT2D eigenvalue weighted by Gasteiger charge is 2.34. The molecule has 1 unspecified atom stereocenters. The monoisotopic (exact) mass is 567 g/mol. The summed E-state index contributed by atoms with van der Waals surface area (Å²) in [4.78, 5) is 33.6. The third-order valence-electron chi connectivity index (χ3n) is 7.60. The van der Waals surface area contributed by atoms with Gasteiger partial charge in [0.05, 0.1) is 36.7 Å². The lowest BCUT2D eigenvalue weighted by Crippen LogP contribution is -2.55. The van der Waals surface area contributed by atoms with Gasteiger partial charge in [0.1, 0.15) is 17.0 Å². The average molecular weight is 568 g/mol. The molecule has 4 aromatic rings. The third-order valence-corrected chi connectivity index (χ3v) is 7.60. The number of aromatic nitrogens is 4. The van der Waals surface area contributed by atoms with Crippen LogP contribution in [0.15, 0.2) is 60.7 Å². The second-order valence-corrected chi connectivity index (χ2v) is 10.3. The van der Waals surface area contributed by atoms with E-state index < -0.39 is 23.6 Å². The number of piperazine rings is 1. The van der Waals surface area contributed by atoms with E-state index in [1.54, 1.807) is 24.4 Å². The molecule has 1 amide bonds. The zero-order valence-electron chi connectivity index (χ0n) is 22.9. The number of fused-ring (bicyclic) bond motifs is 1. The fraction of sp³-hybridized carbons (Fsp3) is 0.290. The number of ether oxygens (including phenoxy) is 1. The van der Waals surface area contributed by atoms with Crippen molar-refractivity contribution in [3.05, 3.63) is 77.8 Å². The van der Waals surface area contributed by atoms with Crippen molar-refractivity contribution in [2.45, 2.75) is 31.2 Å². The van der Waals surface area contributed by atoms with Crippen LogP contribution in [0.25, 0.3) is 28.2 Å². The maximum Gasteiger partial charge on any atom is 0.318 e. The van der Waals surface area contributed by atoms with Gasteiger partial charge in [-0.1, -0.05) is 30.3 Å². The predicted molar refractivity (Wildman–Crippen MR) is 153 cm³/mol. The summed E-state index contributed by atoms with van der Waals surface area (Å²) in [6.07, 6.45) is 6.23. The Labute approximate surface area is 241 Å². The summed E-state index contributed by atoms with van der Waals surface area (Å²) in [5.74, 6) is -1.60. The molecule has 1 saturated carbocycles. The highest BCUT2D eigenvalue weighted by Crippen LogP contribution is 2.45. The normalized spacial score (nSPS) is 17.3. The number of carbonyl (C=O) groups excluding carboxylic acids is 1. The highest BCUT2D eigenvalue weighted by atomic mass is 19.1. The first kappa shape index (κ1) is 27.2. The number of halogens is 2. The molecule has 9 nitrogen and oxygen atoms in total. The van der Waals surface area contributed by atoms with Crippen molar-refractivity contribution in [2.24, 2.45) is 0 Å². The molecule has 2 aliphatic rings. The van der Waals surface area contributed by atoms with E-state index in [2.05, 4.69) is 26.0 Å². The second kappa shape index (κ2) is 11.5. The number of benzene rings is 1. The van der Waals surface area contributed by atoms with Gasteiger partial charge >= 0.3 is 6.01 Å². The number of hydrogen-bond donors (Lipinski definition) is 0. The number of pyridine rings is 2. The Hall–Kier alpha value is -4.98. The van der Waals surface area contributed by atoms with Crippen LogP contribution in [-0.4, -0.2) is 63.5 Å². The van der Waals surface area contributed by atoms with E-state index in [4.69, 9.17) is 4.74 Å². The molecule has 0 radical (unpaired) electrons. The number of amides is 1. The second-order valence-electron chi connectivity index (χ2n) is 10.3. The first-order valence-electron chi connectivity index (χ1n) is 13.7. The molecule has 1 aliphatic heterocycles. The van der Waals surface area contributed by atoms with E-state index >= 15 is 4.39 Å². The van der Waals surface area contributed by atoms with Crippen molar-refractivity contribution >= 4 is 28.7 Å². The van der Waals surface area contributed by atoms with E-state index in [1.807, 2.05) is 29.2 Å². The topological polar surface area (TPSA) is 108 Å². The van der Waals surface area contributed by atoms with Crippen LogP contribution < -0.4 is 9.64 Å². The van der Waals surface area contributed by atoms with Crippen LogP contribution in [-0.2, 0) is 4.79 Å². The largest absolute Gasteiger partial charge is 0.467 e. The Bertz CT molecular complexity index is 1720. The van der Waals surface area contributed by atoms with Crippen molar-refractivity contribution in [2.75, 3.05) is 31.6 Å². The van der Waals surface area contributed by atoms with E-state index in [1.165, 1.54) is 18.2 Å². The lowest BCUT2D eigenvalue weighted by molar-refractivity contribution is -0.131. The van der Waals surface area contributed by atoms with E-state index in [9.17, 15) is 14.4 Å². The van der Waals surface area contributed by atoms with Crippen LogP contribution in [0.1, 0.15) is 36.4 Å². The number of nitriles is 1. The van der Waals surface area contributed by atoms with Crippen molar-refractivity contribution in [1.29, 1.82) is 5.26 Å². The van der Waals surface area contributed by atoms with E-state index in [0.717, 1.165) is 30.0 Å². The molecule has 4 heterocycles. The standard InChI is InChI=1S/C31H27F2N7O2/c1-42-31-37-28-24(17-36-27(26(28)33)23-8-3-2-7-22(23)19-9-10-19)29(38-31)39-14-15-40(21(18-39)11-12-34)30(41)25(32)16-20-6-4-5-13-35-20/h2-8,13,16-17,19,21H,9-11,14-15,18H2,1H3/b25-16-. The molecule has 0 bridgehead atoms. The van der Waals surface area contributed by atoms with Gasteiger partial charge in [0, 0.05) is 43.7 Å². The zero-order valence-corrected chi connectivity index (χ0v) is 22.9. The third kappa shape index (κ3) is 5.23. The van der Waals surface area contributed by atoms with Crippen molar-refractivity contribution in [3.63, 3.8) is 0 Å². The molecule has 0 N–H and O–H groups in total. The van der Waals surface area contributed by atoms with Crippen molar-refractivity contribution < 1.29 is 18.3 Å². The van der Waals surface area contributed by atoms with Crippen LogP contribution in [0, 0.1) is 17.1 Å². The van der Waals surface area contributed by atoms with Gasteiger partial charge in [-0.15, -0.1) is 0 Å². The van der Waals surface area contributed by atoms with Gasteiger partial charge in [0.2, 0.25) is 0 Å². The lowest BCUT2D eigenvalue weighted by Gasteiger charge is -2.41. The number of rotatable bonds is 7. The Morgan fingerprint density at radius 3 is 2.69 bits per heavy atom. The van der Waals surface area contributed by atoms with E-state index in [0.29, 0.717) is 22.8 Å². The molecule has 0 spiro atoms. The number of hydrogen-bond acceptors (Lipinski definition) is 8. The summed E-state index contributed by atoms with van der Waals surface area (Å²) in [6, 6.07) is 14.1. The van der Waals surface area contributed by atoms with Crippen LogP contribution in [0.2, 0.25) is 0 Å². The van der Waals surface area contributed by atoms with Gasteiger partial charge in [0.25, 0.3) is 5.91 Å². The van der Waals surface area contributed by atoms with Gasteiger partial charge in [-0.25, -0.2) is 8.78 Å². The maximum absolute atomic E-state index is 16.1. The van der Waals surface area contributed by atoms with Gasteiger partial charge in [-0.3, -0.25) is 14.8 Å². The minimum atomic E-state index is -0.968. The van der Waals surface area contributed by atoms with Crippen molar-refractivity contribution in [1.82, 2.24) is 24.8 Å². The molecular weight excluding hydrogens is 540 g/mol. The SMILES string of the molecule is COc1nc(N2CCN(C(=O)/C(F)=C/c3ccccn3)C(CC#N)C2)c2cnc(-c3ccccc3C3CC3)c(F)c2n1. The van der Waals surface area contributed by atoms with Gasteiger partial charge < -0.3 is 14.5 Å². The lowest BCUT2D eigenvalue weighted by atomic mass is 9.99. The van der Waals surface area contributed by atoms with Crippen LogP contribution in [0.5, 0.6) is 6.01 Å². The van der Waals surface area contributed by atoms with Crippen LogP contribution in [0.4, 0.5) is 14.6 Å². The minimum Gasteiger partial charge on any atom is -0.467 e. The Balaban J connectivity index is 1.33. The molecule has 1 aromatic carbocycles. The summed E-state index contributed by atoms with van der Waals surface area (Å²) < 4.78 is 36.4. The zero-order chi connectivity index (χ0) is 29.2. The quantitative estimate of drug-likeness (QED) is 0.286. The van der Waals surface area contributed by atoms with Crippen molar-refractivity contribution in [3.8, 4) is 23.3 Å². The molecular formula is C31H27F2N7O2. The molecule has 11 heteroatoms. The molecule has 2 fully saturated rings. The Kier molecular flexibility index (Phi) is 7.44. The summed E-state index contributed by atoms with van der Waals surface area (Å²) in [7, 11) is 1.40. The smallest absolute Gasteiger partial charge is 0.318 e. The van der Waals surface area contributed by atoms with Crippen LogP contribution >= 0.6 is 0 Å². The molecule has 1 aliphatic carbocycles. The molecule has 1 saturated heterocycles. The fourth-order valence-electron chi connectivity index (χ4n) is 5.39. The first-order valence-corrected chi connectivity index (χ1v) is 13.7. The maximum atomic E-state index is 16.1. The summed E-state index contributed by atoms with van der Waals surface area (Å²) in [5.41, 5.74) is 2.39. The van der Waals surface area contributed by atoms with Gasteiger partial charge in [-0.2, -0.15) is 15.2 Å². The average Bonchev–Trinajstić information content (AvgIpc) is 3.87. The van der Waals surface area contributed by atoms with Gasteiger partial charge in [0.15, 0.2) is 11.6 Å². The minimum absolute atomic E-state index is 0.0243. The molecule has 3 aromatic heterocycles. The fourth-order valence-corrected chi connectivity index (χ4v) is 5.39. The predicted octanol–water partition coefficient (Wildman–Crippen LogP) is 5.05. The number of carbonyl (C=O) groups is 1. The Morgan fingerprint density at radius 2 is 1.95 bits per heavy atom. The summed E-state index contributed by atoms with van der Waals surface area (Å²) in [5, 5.41) is 9.89. The summed E-state index contributed by atoms with van der Waals surface area (Å²) in [6.45, 7) is 0.540. The molecule has 1 atom stereocenters. The number of anilines is 1. The molecule has 42 heavy (non-hydrogen) atoms. The molecule has 212 valence electrons. The highest BCUT2D eigenvalue weighted by molar-refractivity contribution is 5.96. The first-order chi connectivity index (χ1) is 20.5. The van der Waals surface area contributed by atoms with Gasteiger partial charge in [-0.05, 0) is 36.5 Å². The Morgan fingerprint density at radius 1 is 1.14 bits per heavy atom. The number of nitrogens with zero attached hydrogens (tertiary/aromatic N) is 7. The summed E-state index contributed by atoms with van der Waals surface area (Å²) >= 11 is 0. The van der Waals surface area contributed by atoms with Crippen LogP contribution in [0.3, 0.4) is 0 Å². The molecule has 6 rings (SSSR count). The number of methoxy groups -OCH3 is 1. The van der Waals surface area contributed by atoms with E-state index in [-0.39, 0.29) is 43.3 Å².